The Balaban J connectivity index is 1.81. The summed E-state index contributed by atoms with van der Waals surface area (Å²) in [6.45, 7) is 1.57. The van der Waals surface area contributed by atoms with E-state index < -0.39 is 26.9 Å². The molecule has 1 N–H and O–H groups in total. The molecule has 0 spiro atoms. The molecule has 2 heterocycles. The van der Waals surface area contributed by atoms with E-state index in [1.54, 1.807) is 47.9 Å². The lowest BCUT2D eigenvalue weighted by Crippen LogP contribution is -2.39. The highest BCUT2D eigenvalue weighted by Gasteiger charge is 2.36. The largest absolute Gasteiger partial charge is 0.494 e. The number of hydrogen-bond donors (Lipinski definition) is 1. The molecule has 0 unspecified atom stereocenters. The monoisotopic (exact) mass is 530 g/mol. The van der Waals surface area contributed by atoms with Crippen molar-refractivity contribution in [1.82, 2.24) is 19.7 Å². The molecule has 11 heteroatoms. The first-order valence-corrected chi connectivity index (χ1v) is 14.1. The van der Waals surface area contributed by atoms with Gasteiger partial charge >= 0.3 is 0 Å². The van der Waals surface area contributed by atoms with Crippen LogP contribution in [-0.2, 0) is 15.6 Å². The van der Waals surface area contributed by atoms with Gasteiger partial charge in [-0.1, -0.05) is 31.4 Å². The fourth-order valence-electron chi connectivity index (χ4n) is 4.90. The zero-order chi connectivity index (χ0) is 26.6. The molecular weight excluding hydrogens is 496 g/mol. The SMILES string of the molecule is COc1cccc(-c2nnc(CS(=O)(=O)[C@@H](C)[C@@H](O)C3CCCCC3)n2-c2c(OC)cccc2OC)n1. The summed E-state index contributed by atoms with van der Waals surface area (Å²) in [5.41, 5.74) is 0.876. The van der Waals surface area contributed by atoms with Crippen LogP contribution in [0.3, 0.4) is 0 Å². The van der Waals surface area contributed by atoms with Crippen molar-refractivity contribution in [2.45, 2.75) is 56.1 Å². The van der Waals surface area contributed by atoms with Crippen molar-refractivity contribution in [3.63, 3.8) is 0 Å². The van der Waals surface area contributed by atoms with Gasteiger partial charge in [-0.05, 0) is 43.9 Å². The molecule has 37 heavy (non-hydrogen) atoms. The molecule has 1 aliphatic rings. The predicted octanol–water partition coefficient (Wildman–Crippen LogP) is 3.60. The molecular formula is C26H34N4O6S. The van der Waals surface area contributed by atoms with Crippen LogP contribution in [0, 0.1) is 5.92 Å². The van der Waals surface area contributed by atoms with Crippen LogP contribution in [0.1, 0.15) is 44.9 Å². The summed E-state index contributed by atoms with van der Waals surface area (Å²) in [5, 5.41) is 18.6. The van der Waals surface area contributed by atoms with Gasteiger partial charge in [0.1, 0.15) is 28.6 Å². The maximum atomic E-state index is 13.6. The molecule has 0 saturated heterocycles. The predicted molar refractivity (Wildman–Crippen MR) is 139 cm³/mol. The Morgan fingerprint density at radius 3 is 2.24 bits per heavy atom. The molecule has 10 nitrogen and oxygen atoms in total. The zero-order valence-electron chi connectivity index (χ0n) is 21.6. The van der Waals surface area contributed by atoms with Gasteiger partial charge in [0.15, 0.2) is 21.5 Å². The van der Waals surface area contributed by atoms with Gasteiger partial charge in [0.05, 0.1) is 32.7 Å². The molecule has 4 rings (SSSR count). The number of rotatable bonds is 10. The van der Waals surface area contributed by atoms with Crippen molar-refractivity contribution < 1.29 is 27.7 Å². The number of methoxy groups -OCH3 is 3. The van der Waals surface area contributed by atoms with Gasteiger partial charge in [0, 0.05) is 6.07 Å². The van der Waals surface area contributed by atoms with E-state index in [4.69, 9.17) is 14.2 Å². The van der Waals surface area contributed by atoms with Gasteiger partial charge in [-0.3, -0.25) is 4.57 Å². The van der Waals surface area contributed by atoms with E-state index in [2.05, 4.69) is 15.2 Å². The first-order valence-electron chi connectivity index (χ1n) is 12.4. The standard InChI is InChI=1S/C26H34N4O6S/c1-17(25(31)18-10-6-5-7-11-18)37(32,33)16-22-28-29-26(19-12-8-15-23(27-19)36-4)30(22)24-20(34-2)13-9-14-21(24)35-3/h8-9,12-15,17-18,25,31H,5-7,10-11,16H2,1-4H3/t17-,25+/m0/s1. The van der Waals surface area contributed by atoms with Gasteiger partial charge in [-0.2, -0.15) is 0 Å². The van der Waals surface area contributed by atoms with Gasteiger partial charge in [-0.25, -0.2) is 13.4 Å². The summed E-state index contributed by atoms with van der Waals surface area (Å²) >= 11 is 0. The number of para-hydroxylation sites is 1. The lowest BCUT2D eigenvalue weighted by atomic mass is 9.84. The Morgan fingerprint density at radius 1 is 0.973 bits per heavy atom. The fourth-order valence-corrected chi connectivity index (χ4v) is 6.36. The van der Waals surface area contributed by atoms with Crippen molar-refractivity contribution in [2.24, 2.45) is 5.92 Å². The summed E-state index contributed by atoms with van der Waals surface area (Å²) in [6, 6.07) is 10.5. The number of aromatic nitrogens is 4. The third kappa shape index (κ3) is 5.57. The number of ether oxygens (including phenoxy) is 3. The molecule has 0 radical (unpaired) electrons. The highest BCUT2D eigenvalue weighted by Crippen LogP contribution is 2.37. The third-order valence-corrected chi connectivity index (χ3v) is 9.10. The van der Waals surface area contributed by atoms with Gasteiger partial charge < -0.3 is 19.3 Å². The van der Waals surface area contributed by atoms with Gasteiger partial charge in [0.25, 0.3) is 0 Å². The van der Waals surface area contributed by atoms with Crippen molar-refractivity contribution in [3.8, 4) is 34.6 Å². The second-order valence-electron chi connectivity index (χ2n) is 9.25. The van der Waals surface area contributed by atoms with Crippen LogP contribution in [0.4, 0.5) is 0 Å². The topological polar surface area (TPSA) is 126 Å². The minimum absolute atomic E-state index is 0.0257. The fraction of sp³-hybridized carbons (Fsp3) is 0.500. The van der Waals surface area contributed by atoms with Crippen molar-refractivity contribution in [2.75, 3.05) is 21.3 Å². The minimum Gasteiger partial charge on any atom is -0.494 e. The second-order valence-corrected chi connectivity index (χ2v) is 11.6. The Bertz CT molecular complexity index is 1300. The smallest absolute Gasteiger partial charge is 0.213 e. The maximum absolute atomic E-state index is 13.6. The Morgan fingerprint density at radius 2 is 1.62 bits per heavy atom. The summed E-state index contributed by atoms with van der Waals surface area (Å²) in [4.78, 5) is 4.48. The van der Waals surface area contributed by atoms with Crippen molar-refractivity contribution in [1.29, 1.82) is 0 Å². The third-order valence-electron chi connectivity index (χ3n) is 7.03. The molecule has 0 amide bonds. The van der Waals surface area contributed by atoms with Crippen LogP contribution >= 0.6 is 0 Å². The number of benzene rings is 1. The van der Waals surface area contributed by atoms with Gasteiger partial charge in [0.2, 0.25) is 5.88 Å². The van der Waals surface area contributed by atoms with E-state index in [-0.39, 0.29) is 11.7 Å². The minimum atomic E-state index is -3.81. The molecule has 0 bridgehead atoms. The number of sulfone groups is 1. The van der Waals surface area contributed by atoms with Crippen molar-refractivity contribution >= 4 is 9.84 Å². The highest BCUT2D eigenvalue weighted by molar-refractivity contribution is 7.91. The molecule has 1 saturated carbocycles. The summed E-state index contributed by atoms with van der Waals surface area (Å²) in [5.74, 6) is 1.25. The lowest BCUT2D eigenvalue weighted by Gasteiger charge is -2.30. The average Bonchev–Trinajstić information content (AvgIpc) is 3.34. The quantitative estimate of drug-likeness (QED) is 0.418. The van der Waals surface area contributed by atoms with E-state index in [9.17, 15) is 13.5 Å². The van der Waals surface area contributed by atoms with E-state index in [1.165, 1.54) is 21.3 Å². The van der Waals surface area contributed by atoms with Crippen molar-refractivity contribution in [3.05, 3.63) is 42.2 Å². The van der Waals surface area contributed by atoms with E-state index in [0.29, 0.717) is 34.6 Å². The summed E-state index contributed by atoms with van der Waals surface area (Å²) in [6.07, 6.45) is 3.86. The first-order chi connectivity index (χ1) is 17.8. The Hall–Kier alpha value is -3.18. The molecule has 1 aromatic carbocycles. The zero-order valence-corrected chi connectivity index (χ0v) is 22.4. The van der Waals surface area contributed by atoms with Crippen LogP contribution in [0.2, 0.25) is 0 Å². The lowest BCUT2D eigenvalue weighted by molar-refractivity contribution is 0.0839. The van der Waals surface area contributed by atoms with Crippen LogP contribution in [-0.4, -0.2) is 66.0 Å². The Labute approximate surface area is 217 Å². The van der Waals surface area contributed by atoms with Gasteiger partial charge in [-0.15, -0.1) is 10.2 Å². The maximum Gasteiger partial charge on any atom is 0.213 e. The Kier molecular flexibility index (Phi) is 8.33. The second kappa shape index (κ2) is 11.5. The average molecular weight is 531 g/mol. The number of aliphatic hydroxyl groups is 1. The molecule has 2 atom stereocenters. The molecule has 1 fully saturated rings. The van der Waals surface area contributed by atoms with Crippen LogP contribution in [0.25, 0.3) is 17.2 Å². The number of aliphatic hydroxyl groups excluding tert-OH is 1. The van der Waals surface area contributed by atoms with E-state index in [0.717, 1.165) is 32.1 Å². The summed E-state index contributed by atoms with van der Waals surface area (Å²) < 4.78 is 45.2. The highest BCUT2D eigenvalue weighted by atomic mass is 32.2. The molecule has 2 aromatic heterocycles. The van der Waals surface area contributed by atoms with Crippen LogP contribution in [0.15, 0.2) is 36.4 Å². The number of pyridine rings is 1. The van der Waals surface area contributed by atoms with E-state index >= 15 is 0 Å². The normalized spacial score (nSPS) is 16.2. The molecule has 1 aliphatic carbocycles. The first kappa shape index (κ1) is 26.9. The molecule has 0 aliphatic heterocycles. The number of hydrogen-bond acceptors (Lipinski definition) is 9. The van der Waals surface area contributed by atoms with E-state index in [1.807, 2.05) is 0 Å². The van der Waals surface area contributed by atoms with Crippen LogP contribution in [0.5, 0.6) is 17.4 Å². The molecule has 200 valence electrons. The number of nitrogens with zero attached hydrogens (tertiary/aromatic N) is 4. The summed E-state index contributed by atoms with van der Waals surface area (Å²) in [7, 11) is 0.736. The van der Waals surface area contributed by atoms with Crippen LogP contribution < -0.4 is 14.2 Å². The molecule has 3 aromatic rings.